The van der Waals surface area contributed by atoms with Crippen LogP contribution in [-0.2, 0) is 21.5 Å². The Kier molecular flexibility index (Phi) is 6.74. The van der Waals surface area contributed by atoms with E-state index in [4.69, 9.17) is 0 Å². The minimum atomic E-state index is -3.29. The summed E-state index contributed by atoms with van der Waals surface area (Å²) in [5.74, 6) is 0.183. The van der Waals surface area contributed by atoms with E-state index in [2.05, 4.69) is 15.0 Å². The molecular weight excluding hydrogens is 357 g/mol. The van der Waals surface area contributed by atoms with Crippen LogP contribution in [0.4, 0.5) is 10.2 Å². The van der Waals surface area contributed by atoms with Crippen LogP contribution in [0.5, 0.6) is 0 Å². The summed E-state index contributed by atoms with van der Waals surface area (Å²) in [7, 11) is -3.29. The molecule has 0 saturated heterocycles. The number of aromatic nitrogens is 1. The van der Waals surface area contributed by atoms with Crippen LogP contribution in [0.25, 0.3) is 0 Å². The van der Waals surface area contributed by atoms with Crippen LogP contribution in [0.15, 0.2) is 6.20 Å². The van der Waals surface area contributed by atoms with Crippen LogP contribution < -0.4 is 10.0 Å². The van der Waals surface area contributed by atoms with Crippen LogP contribution in [0, 0.1) is 19.8 Å². The minimum absolute atomic E-state index is 0.113. The molecule has 6 nitrogen and oxygen atoms in total. The Hall–Kier alpha value is -1.54. The molecule has 1 aliphatic rings. The van der Waals surface area contributed by atoms with Gasteiger partial charge in [-0.15, -0.1) is 0 Å². The molecule has 1 fully saturated rings. The molecular formula is C18H28FN3O3S. The molecule has 1 aliphatic carbocycles. The van der Waals surface area contributed by atoms with Crippen molar-refractivity contribution >= 4 is 21.7 Å². The van der Waals surface area contributed by atoms with Crippen molar-refractivity contribution in [3.05, 3.63) is 22.9 Å². The summed E-state index contributed by atoms with van der Waals surface area (Å²) in [5, 5.41) is 2.38. The summed E-state index contributed by atoms with van der Waals surface area (Å²) in [5.41, 5.74) is 2.09. The van der Waals surface area contributed by atoms with E-state index in [0.717, 1.165) is 11.1 Å². The molecule has 146 valence electrons. The van der Waals surface area contributed by atoms with Crippen molar-refractivity contribution in [1.82, 2.24) is 9.71 Å². The predicted octanol–water partition coefficient (Wildman–Crippen LogP) is 2.99. The number of amides is 1. The summed E-state index contributed by atoms with van der Waals surface area (Å²) in [6, 6.07) is -0.114. The topological polar surface area (TPSA) is 88.2 Å². The van der Waals surface area contributed by atoms with Gasteiger partial charge in [-0.2, -0.15) is 0 Å². The SMILES string of the molecule is Cc1c(CF)cnc(NC(=O)[C@H]2CC[C@H](NS(=O)(=O)C(C)C)CC2)c1C. The zero-order valence-electron chi connectivity index (χ0n) is 15.8. The highest BCUT2D eigenvalue weighted by molar-refractivity contribution is 7.90. The van der Waals surface area contributed by atoms with Crippen LogP contribution >= 0.6 is 0 Å². The van der Waals surface area contributed by atoms with E-state index in [1.807, 2.05) is 13.8 Å². The molecule has 0 bridgehead atoms. The molecule has 2 rings (SSSR count). The van der Waals surface area contributed by atoms with E-state index in [1.54, 1.807) is 13.8 Å². The third kappa shape index (κ3) is 4.79. The Morgan fingerprint density at radius 1 is 1.23 bits per heavy atom. The third-order valence-corrected chi connectivity index (χ3v) is 7.09. The number of carbonyl (C=O) groups is 1. The molecule has 0 aromatic carbocycles. The normalized spacial score (nSPS) is 21.0. The Labute approximate surface area is 155 Å². The number of anilines is 1. The lowest BCUT2D eigenvalue weighted by molar-refractivity contribution is -0.120. The number of halogens is 1. The van der Waals surface area contributed by atoms with Crippen molar-refractivity contribution < 1.29 is 17.6 Å². The van der Waals surface area contributed by atoms with E-state index < -0.39 is 21.9 Å². The van der Waals surface area contributed by atoms with E-state index in [0.29, 0.717) is 37.1 Å². The second-order valence-electron chi connectivity index (χ2n) is 7.27. The Morgan fingerprint density at radius 2 is 1.85 bits per heavy atom. The molecule has 1 aromatic rings. The second kappa shape index (κ2) is 8.43. The van der Waals surface area contributed by atoms with E-state index in [1.165, 1.54) is 6.20 Å². The van der Waals surface area contributed by atoms with Gasteiger partial charge in [0.2, 0.25) is 15.9 Å². The van der Waals surface area contributed by atoms with Crippen LogP contribution in [-0.4, -0.2) is 30.6 Å². The molecule has 1 aromatic heterocycles. The summed E-state index contributed by atoms with van der Waals surface area (Å²) in [6.45, 7) is 6.34. The maximum absolute atomic E-state index is 12.9. The quantitative estimate of drug-likeness (QED) is 0.788. The number of carbonyl (C=O) groups excluding carboxylic acids is 1. The Balaban J connectivity index is 1.94. The molecule has 8 heteroatoms. The fourth-order valence-corrected chi connectivity index (χ4v) is 4.05. The predicted molar refractivity (Wildman–Crippen MR) is 100 cm³/mol. The van der Waals surface area contributed by atoms with Gasteiger partial charge < -0.3 is 5.32 Å². The van der Waals surface area contributed by atoms with Crippen molar-refractivity contribution in [3.8, 4) is 0 Å². The van der Waals surface area contributed by atoms with E-state index in [-0.39, 0.29) is 17.9 Å². The maximum atomic E-state index is 12.9. The third-order valence-electron chi connectivity index (χ3n) is 5.18. The summed E-state index contributed by atoms with van der Waals surface area (Å²) >= 11 is 0. The average Bonchev–Trinajstić information content (AvgIpc) is 2.59. The minimum Gasteiger partial charge on any atom is -0.310 e. The highest BCUT2D eigenvalue weighted by Gasteiger charge is 2.29. The monoisotopic (exact) mass is 385 g/mol. The highest BCUT2D eigenvalue weighted by atomic mass is 32.2. The number of hydrogen-bond acceptors (Lipinski definition) is 4. The van der Waals surface area contributed by atoms with Gasteiger partial charge in [0.05, 0.1) is 5.25 Å². The van der Waals surface area contributed by atoms with Crippen LogP contribution in [0.3, 0.4) is 0 Å². The average molecular weight is 386 g/mol. The van der Waals surface area contributed by atoms with Gasteiger partial charge in [0.25, 0.3) is 0 Å². The fourth-order valence-electron chi connectivity index (χ4n) is 3.08. The molecule has 0 atom stereocenters. The van der Waals surface area contributed by atoms with Gasteiger partial charge in [-0.05, 0) is 64.5 Å². The first-order valence-electron chi connectivity index (χ1n) is 8.98. The Morgan fingerprint density at radius 3 is 2.38 bits per heavy atom. The van der Waals surface area contributed by atoms with Crippen molar-refractivity contribution in [2.75, 3.05) is 5.32 Å². The first-order valence-corrected chi connectivity index (χ1v) is 10.5. The number of hydrogen-bond donors (Lipinski definition) is 2. The fraction of sp³-hybridized carbons (Fsp3) is 0.667. The van der Waals surface area contributed by atoms with E-state index in [9.17, 15) is 17.6 Å². The largest absolute Gasteiger partial charge is 0.310 e. The lowest BCUT2D eigenvalue weighted by Crippen LogP contribution is -2.42. The van der Waals surface area contributed by atoms with Crippen LogP contribution in [0.2, 0.25) is 0 Å². The first kappa shape index (κ1) is 20.8. The highest BCUT2D eigenvalue weighted by Crippen LogP contribution is 2.27. The van der Waals surface area contributed by atoms with Crippen molar-refractivity contribution in [3.63, 3.8) is 0 Å². The molecule has 0 radical (unpaired) electrons. The first-order chi connectivity index (χ1) is 12.2. The summed E-state index contributed by atoms with van der Waals surface area (Å²) in [4.78, 5) is 16.7. The van der Waals surface area contributed by atoms with Gasteiger partial charge in [-0.3, -0.25) is 4.79 Å². The molecule has 1 saturated carbocycles. The van der Waals surface area contributed by atoms with Gasteiger partial charge in [-0.25, -0.2) is 22.5 Å². The molecule has 1 heterocycles. The molecule has 0 unspecified atom stereocenters. The number of nitrogens with zero attached hydrogens (tertiary/aromatic N) is 1. The van der Waals surface area contributed by atoms with Gasteiger partial charge in [0.1, 0.15) is 12.5 Å². The molecule has 2 N–H and O–H groups in total. The van der Waals surface area contributed by atoms with E-state index >= 15 is 0 Å². The van der Waals surface area contributed by atoms with Crippen molar-refractivity contribution in [1.29, 1.82) is 0 Å². The zero-order chi connectivity index (χ0) is 19.5. The number of sulfonamides is 1. The molecule has 0 aliphatic heterocycles. The number of alkyl halides is 1. The molecule has 1 amide bonds. The Bertz CT molecular complexity index is 757. The standard InChI is InChI=1S/C18H28FN3O3S/c1-11(2)26(24,25)22-16-7-5-14(6-8-16)18(23)21-17-13(4)12(3)15(9-19)10-20-17/h10-11,14,16,22H,5-9H2,1-4H3,(H,20,21,23)/t14-,16-. The smallest absolute Gasteiger partial charge is 0.228 e. The van der Waals surface area contributed by atoms with Crippen molar-refractivity contribution in [2.24, 2.45) is 5.92 Å². The van der Waals surface area contributed by atoms with Gasteiger partial charge in [0, 0.05) is 23.7 Å². The number of nitrogens with one attached hydrogen (secondary N) is 2. The van der Waals surface area contributed by atoms with Crippen molar-refractivity contribution in [2.45, 2.75) is 71.3 Å². The zero-order valence-corrected chi connectivity index (χ0v) is 16.6. The van der Waals surface area contributed by atoms with Gasteiger partial charge in [-0.1, -0.05) is 0 Å². The molecule has 26 heavy (non-hydrogen) atoms. The van der Waals surface area contributed by atoms with Gasteiger partial charge in [0.15, 0.2) is 0 Å². The molecule has 0 spiro atoms. The maximum Gasteiger partial charge on any atom is 0.228 e. The lowest BCUT2D eigenvalue weighted by Gasteiger charge is -2.29. The van der Waals surface area contributed by atoms with Crippen LogP contribution in [0.1, 0.15) is 56.2 Å². The lowest BCUT2D eigenvalue weighted by atomic mass is 9.86. The number of rotatable bonds is 6. The summed E-state index contributed by atoms with van der Waals surface area (Å²) in [6.07, 6.45) is 3.97. The number of pyridine rings is 1. The van der Waals surface area contributed by atoms with Gasteiger partial charge >= 0.3 is 0 Å². The summed E-state index contributed by atoms with van der Waals surface area (Å²) < 4.78 is 39.5. The second-order valence-corrected chi connectivity index (χ2v) is 9.53.